The van der Waals surface area contributed by atoms with Gasteiger partial charge in [0.05, 0.1) is 0 Å². The lowest BCUT2D eigenvalue weighted by molar-refractivity contribution is 0.572. The van der Waals surface area contributed by atoms with Crippen LogP contribution in [0.15, 0.2) is 41.2 Å². The molecule has 0 radical (unpaired) electrons. The Hall–Kier alpha value is -2.34. The highest BCUT2D eigenvalue weighted by Gasteiger charge is 2.21. The summed E-state index contributed by atoms with van der Waals surface area (Å²) >= 11 is 0. The highest BCUT2D eigenvalue weighted by molar-refractivity contribution is 5.36. The Morgan fingerprint density at radius 3 is 2.79 bits per heavy atom. The van der Waals surface area contributed by atoms with E-state index < -0.39 is 0 Å². The maximum absolute atomic E-state index is 11.6. The summed E-state index contributed by atoms with van der Waals surface area (Å²) in [5, 5.41) is 8.93. The van der Waals surface area contributed by atoms with Crippen molar-refractivity contribution in [2.24, 2.45) is 0 Å². The zero-order chi connectivity index (χ0) is 13.2. The smallest absolute Gasteiger partial charge is 0.266 e. The number of aromatic amines is 1. The van der Waals surface area contributed by atoms with Crippen molar-refractivity contribution in [2.45, 2.75) is 25.2 Å². The maximum Gasteiger partial charge on any atom is 0.266 e. The molecule has 1 unspecified atom stereocenters. The molecule has 0 saturated carbocycles. The van der Waals surface area contributed by atoms with Gasteiger partial charge in [-0.2, -0.15) is 5.26 Å². The summed E-state index contributed by atoms with van der Waals surface area (Å²) < 4.78 is 0. The van der Waals surface area contributed by atoms with Crippen molar-refractivity contribution < 1.29 is 0 Å². The number of rotatable bonds is 1. The number of benzene rings is 1. The first-order valence-electron chi connectivity index (χ1n) is 6.48. The normalized spacial score (nSPS) is 17.5. The molecule has 3 heteroatoms. The summed E-state index contributed by atoms with van der Waals surface area (Å²) in [7, 11) is 0. The monoisotopic (exact) mass is 250 g/mol. The van der Waals surface area contributed by atoms with Crippen LogP contribution in [0, 0.1) is 11.3 Å². The van der Waals surface area contributed by atoms with Crippen LogP contribution in [0.2, 0.25) is 0 Å². The summed E-state index contributed by atoms with van der Waals surface area (Å²) in [5.41, 5.74) is 3.39. The molecule has 0 saturated heterocycles. The van der Waals surface area contributed by atoms with Crippen LogP contribution in [0.3, 0.4) is 0 Å². The van der Waals surface area contributed by atoms with Crippen LogP contribution in [-0.4, -0.2) is 4.98 Å². The SMILES string of the molecule is N#Cc1cc2c([nH]c1=O)CCC(c1ccccc1)C2. The van der Waals surface area contributed by atoms with E-state index in [4.69, 9.17) is 5.26 Å². The second-order valence-corrected chi connectivity index (χ2v) is 4.98. The topological polar surface area (TPSA) is 56.6 Å². The number of nitriles is 1. The number of pyridine rings is 1. The Balaban J connectivity index is 1.96. The molecule has 1 N–H and O–H groups in total. The molecule has 1 heterocycles. The lowest BCUT2D eigenvalue weighted by Gasteiger charge is -2.24. The van der Waals surface area contributed by atoms with E-state index in [9.17, 15) is 4.79 Å². The Bertz CT molecular complexity index is 695. The third-order valence-electron chi connectivity index (χ3n) is 3.82. The van der Waals surface area contributed by atoms with Gasteiger partial charge in [-0.15, -0.1) is 0 Å². The molecule has 3 nitrogen and oxygen atoms in total. The van der Waals surface area contributed by atoms with Crippen LogP contribution in [-0.2, 0) is 12.8 Å². The third-order valence-corrected chi connectivity index (χ3v) is 3.82. The number of H-pyrrole nitrogens is 1. The fraction of sp³-hybridized carbons (Fsp3) is 0.250. The number of aromatic nitrogens is 1. The van der Waals surface area contributed by atoms with Gasteiger partial charge in [-0.1, -0.05) is 30.3 Å². The molecular weight excluding hydrogens is 236 g/mol. The van der Waals surface area contributed by atoms with E-state index in [1.165, 1.54) is 5.56 Å². The second-order valence-electron chi connectivity index (χ2n) is 4.98. The van der Waals surface area contributed by atoms with E-state index in [0.29, 0.717) is 5.92 Å². The average molecular weight is 250 g/mol. The highest BCUT2D eigenvalue weighted by atomic mass is 16.1. The van der Waals surface area contributed by atoms with E-state index >= 15 is 0 Å². The molecule has 0 aliphatic heterocycles. The van der Waals surface area contributed by atoms with Gasteiger partial charge in [0, 0.05) is 5.69 Å². The van der Waals surface area contributed by atoms with Crippen molar-refractivity contribution in [3.05, 3.63) is 69.1 Å². The molecule has 0 bridgehead atoms. The van der Waals surface area contributed by atoms with Gasteiger partial charge in [-0.05, 0) is 42.4 Å². The van der Waals surface area contributed by atoms with Gasteiger partial charge in [0.1, 0.15) is 11.6 Å². The predicted octanol–water partition coefficient (Wildman–Crippen LogP) is 2.52. The first-order chi connectivity index (χ1) is 9.28. The van der Waals surface area contributed by atoms with Crippen molar-refractivity contribution in [3.63, 3.8) is 0 Å². The van der Waals surface area contributed by atoms with Crippen LogP contribution < -0.4 is 5.56 Å². The molecule has 2 aromatic rings. The molecule has 0 amide bonds. The summed E-state index contributed by atoms with van der Waals surface area (Å²) in [6, 6.07) is 14.1. The van der Waals surface area contributed by atoms with Crippen molar-refractivity contribution >= 4 is 0 Å². The predicted molar refractivity (Wildman–Crippen MR) is 73.0 cm³/mol. The van der Waals surface area contributed by atoms with Crippen LogP contribution >= 0.6 is 0 Å². The Kier molecular flexibility index (Phi) is 2.92. The van der Waals surface area contributed by atoms with Gasteiger partial charge in [0.25, 0.3) is 5.56 Å². The van der Waals surface area contributed by atoms with Crippen LogP contribution in [0.1, 0.15) is 34.7 Å². The van der Waals surface area contributed by atoms with E-state index in [-0.39, 0.29) is 11.1 Å². The molecule has 0 fully saturated rings. The number of fused-ring (bicyclic) bond motifs is 1. The minimum absolute atomic E-state index is 0.215. The van der Waals surface area contributed by atoms with Crippen molar-refractivity contribution in [1.29, 1.82) is 5.26 Å². The quantitative estimate of drug-likeness (QED) is 0.845. The molecule has 3 rings (SSSR count). The molecule has 1 aliphatic rings. The Morgan fingerprint density at radius 2 is 2.05 bits per heavy atom. The van der Waals surface area contributed by atoms with Crippen LogP contribution in [0.5, 0.6) is 0 Å². The zero-order valence-electron chi connectivity index (χ0n) is 10.5. The minimum Gasteiger partial charge on any atom is -0.325 e. The van der Waals surface area contributed by atoms with Gasteiger partial charge in [0.15, 0.2) is 0 Å². The van der Waals surface area contributed by atoms with E-state index in [1.54, 1.807) is 6.07 Å². The van der Waals surface area contributed by atoms with E-state index in [0.717, 1.165) is 30.5 Å². The van der Waals surface area contributed by atoms with Crippen molar-refractivity contribution in [1.82, 2.24) is 4.98 Å². The molecule has 1 atom stereocenters. The number of aryl methyl sites for hydroxylation is 1. The molecule has 0 spiro atoms. The van der Waals surface area contributed by atoms with Gasteiger partial charge in [-0.3, -0.25) is 4.79 Å². The van der Waals surface area contributed by atoms with Crippen LogP contribution in [0.25, 0.3) is 0 Å². The fourth-order valence-electron chi connectivity index (χ4n) is 2.80. The van der Waals surface area contributed by atoms with Gasteiger partial charge < -0.3 is 4.98 Å². The number of nitrogens with zero attached hydrogens (tertiary/aromatic N) is 1. The third kappa shape index (κ3) is 2.17. The minimum atomic E-state index is -0.264. The number of nitrogens with one attached hydrogen (secondary N) is 1. The van der Waals surface area contributed by atoms with Crippen molar-refractivity contribution in [2.75, 3.05) is 0 Å². The molecule has 1 aromatic heterocycles. The van der Waals surface area contributed by atoms with Crippen LogP contribution in [0.4, 0.5) is 0 Å². The lowest BCUT2D eigenvalue weighted by atomic mass is 9.82. The molecule has 19 heavy (non-hydrogen) atoms. The van der Waals surface area contributed by atoms with Gasteiger partial charge >= 0.3 is 0 Å². The van der Waals surface area contributed by atoms with E-state index in [1.807, 2.05) is 12.1 Å². The number of hydrogen-bond acceptors (Lipinski definition) is 2. The Morgan fingerprint density at radius 1 is 1.26 bits per heavy atom. The maximum atomic E-state index is 11.6. The highest BCUT2D eigenvalue weighted by Crippen LogP contribution is 2.31. The van der Waals surface area contributed by atoms with E-state index in [2.05, 4.69) is 29.2 Å². The Labute approximate surface area is 111 Å². The lowest BCUT2D eigenvalue weighted by Crippen LogP contribution is -2.20. The molecule has 1 aliphatic carbocycles. The summed E-state index contributed by atoms with van der Waals surface area (Å²) in [4.78, 5) is 14.4. The summed E-state index contributed by atoms with van der Waals surface area (Å²) in [6.07, 6.45) is 2.81. The fourth-order valence-corrected chi connectivity index (χ4v) is 2.80. The summed E-state index contributed by atoms with van der Waals surface area (Å²) in [5.74, 6) is 0.478. The molecule has 94 valence electrons. The average Bonchev–Trinajstić information content (AvgIpc) is 2.47. The number of hydrogen-bond donors (Lipinski definition) is 1. The van der Waals surface area contributed by atoms with Gasteiger partial charge in [-0.25, -0.2) is 0 Å². The standard InChI is InChI=1S/C16H14N2O/c17-10-14-9-13-8-12(11-4-2-1-3-5-11)6-7-15(13)18-16(14)19/h1-5,9,12H,6-8H2,(H,18,19). The summed E-state index contributed by atoms with van der Waals surface area (Å²) in [6.45, 7) is 0. The first kappa shape index (κ1) is 11.7. The first-order valence-corrected chi connectivity index (χ1v) is 6.48. The van der Waals surface area contributed by atoms with Crippen molar-refractivity contribution in [3.8, 4) is 6.07 Å². The molecular formula is C16H14N2O. The van der Waals surface area contributed by atoms with Gasteiger partial charge in [0.2, 0.25) is 0 Å². The molecule has 1 aromatic carbocycles. The zero-order valence-corrected chi connectivity index (χ0v) is 10.5. The largest absolute Gasteiger partial charge is 0.325 e. The second kappa shape index (κ2) is 4.74.